The number of carbonyl (C=O) groups excluding carboxylic acids is 1. The molecule has 1 aromatic heterocycles. The minimum absolute atomic E-state index is 0.0129. The average Bonchev–Trinajstić information content (AvgIpc) is 2.83. The summed E-state index contributed by atoms with van der Waals surface area (Å²) in [6.45, 7) is 0. The molecule has 0 bridgehead atoms. The number of aromatic nitrogens is 1. The van der Waals surface area contributed by atoms with E-state index in [0.717, 1.165) is 21.9 Å². The molecule has 0 atom stereocenters. The van der Waals surface area contributed by atoms with Gasteiger partial charge in [-0.15, -0.1) is 0 Å². The van der Waals surface area contributed by atoms with Crippen LogP contribution in [0.1, 0.15) is 21.5 Å². The number of ketones is 1. The van der Waals surface area contributed by atoms with E-state index in [1.807, 2.05) is 30.3 Å². The van der Waals surface area contributed by atoms with Crippen LogP contribution in [-0.2, 0) is 6.42 Å². The van der Waals surface area contributed by atoms with Gasteiger partial charge in [0.1, 0.15) is 5.82 Å². The molecule has 0 fully saturated rings. The molecular weight excluding hydrogens is 277 g/mol. The molecule has 106 valence electrons. The Balaban J connectivity index is 1.82. The van der Waals surface area contributed by atoms with E-state index >= 15 is 0 Å². The van der Waals surface area contributed by atoms with Gasteiger partial charge in [0.15, 0.2) is 5.78 Å². The summed E-state index contributed by atoms with van der Waals surface area (Å²) in [6.07, 6.45) is 5.93. The molecule has 0 N–H and O–H groups in total. The molecular formula is C19H12FNO. The van der Waals surface area contributed by atoms with Crippen LogP contribution in [-0.4, -0.2) is 10.8 Å². The lowest BCUT2D eigenvalue weighted by atomic mass is 10.0. The summed E-state index contributed by atoms with van der Waals surface area (Å²) in [5, 5.41) is 2.09. The molecule has 3 aromatic rings. The molecule has 0 aliphatic heterocycles. The Bertz CT molecular complexity index is 938. The maximum absolute atomic E-state index is 13.3. The van der Waals surface area contributed by atoms with E-state index < -0.39 is 0 Å². The van der Waals surface area contributed by atoms with E-state index in [-0.39, 0.29) is 11.6 Å². The molecule has 0 saturated heterocycles. The molecule has 1 aliphatic rings. The molecule has 4 rings (SSSR count). The maximum Gasteiger partial charge on any atom is 0.189 e. The summed E-state index contributed by atoms with van der Waals surface area (Å²) in [4.78, 5) is 16.6. The number of hydrogen-bond acceptors (Lipinski definition) is 2. The van der Waals surface area contributed by atoms with Crippen molar-refractivity contribution in [2.24, 2.45) is 0 Å². The number of Topliss-reactive ketones (excluding diaryl/α,β-unsaturated/α-hetero) is 1. The van der Waals surface area contributed by atoms with E-state index in [9.17, 15) is 9.18 Å². The standard InChI is InChI=1S/C19H12FNO/c20-16-4-5-18-14(10-16)9-15(19(18)22)8-12-2-1-3-13-11-21-7-6-17(12)13/h1-8,10-11H,9H2/b15-8+. The third-order valence-electron chi connectivity index (χ3n) is 4.03. The minimum Gasteiger partial charge on any atom is -0.289 e. The van der Waals surface area contributed by atoms with Crippen molar-refractivity contribution in [3.63, 3.8) is 0 Å². The zero-order chi connectivity index (χ0) is 15.1. The first-order valence-corrected chi connectivity index (χ1v) is 7.09. The molecule has 1 aliphatic carbocycles. The van der Waals surface area contributed by atoms with Crippen LogP contribution in [0, 0.1) is 5.82 Å². The Morgan fingerprint density at radius 3 is 2.95 bits per heavy atom. The number of rotatable bonds is 1. The number of nitrogens with zero attached hydrogens (tertiary/aromatic N) is 1. The molecule has 22 heavy (non-hydrogen) atoms. The summed E-state index contributed by atoms with van der Waals surface area (Å²) >= 11 is 0. The number of fused-ring (bicyclic) bond motifs is 2. The van der Waals surface area contributed by atoms with Crippen molar-refractivity contribution >= 4 is 22.6 Å². The van der Waals surface area contributed by atoms with Crippen LogP contribution in [0.3, 0.4) is 0 Å². The molecule has 2 nitrogen and oxygen atoms in total. The second kappa shape index (κ2) is 4.88. The number of pyridine rings is 1. The van der Waals surface area contributed by atoms with Gasteiger partial charge in [0.2, 0.25) is 0 Å². The van der Waals surface area contributed by atoms with Gasteiger partial charge in [-0.05, 0) is 46.9 Å². The zero-order valence-electron chi connectivity index (χ0n) is 11.7. The topological polar surface area (TPSA) is 30.0 Å². The lowest BCUT2D eigenvalue weighted by Gasteiger charge is -2.02. The summed E-state index contributed by atoms with van der Waals surface area (Å²) in [6, 6.07) is 12.2. The quantitative estimate of drug-likeness (QED) is 0.628. The average molecular weight is 289 g/mol. The summed E-state index contributed by atoms with van der Waals surface area (Å²) < 4.78 is 13.3. The van der Waals surface area contributed by atoms with Gasteiger partial charge < -0.3 is 0 Å². The van der Waals surface area contributed by atoms with E-state index in [0.29, 0.717) is 17.6 Å². The van der Waals surface area contributed by atoms with Crippen molar-refractivity contribution in [1.29, 1.82) is 0 Å². The fraction of sp³-hybridized carbons (Fsp3) is 0.0526. The van der Waals surface area contributed by atoms with Gasteiger partial charge in [-0.2, -0.15) is 0 Å². The summed E-state index contributed by atoms with van der Waals surface area (Å²) in [5.41, 5.74) is 3.05. The number of allylic oxidation sites excluding steroid dienone is 1. The lowest BCUT2D eigenvalue weighted by Crippen LogP contribution is -1.95. The highest BCUT2D eigenvalue weighted by atomic mass is 19.1. The third-order valence-corrected chi connectivity index (χ3v) is 4.03. The van der Waals surface area contributed by atoms with Gasteiger partial charge >= 0.3 is 0 Å². The number of hydrogen-bond donors (Lipinski definition) is 0. The highest BCUT2D eigenvalue weighted by Crippen LogP contribution is 2.29. The monoisotopic (exact) mass is 289 g/mol. The summed E-state index contributed by atoms with van der Waals surface area (Å²) in [5.74, 6) is -0.315. The maximum atomic E-state index is 13.3. The van der Waals surface area contributed by atoms with Crippen LogP contribution in [0.2, 0.25) is 0 Å². The van der Waals surface area contributed by atoms with Crippen LogP contribution >= 0.6 is 0 Å². The Kier molecular flexibility index (Phi) is 2.86. The van der Waals surface area contributed by atoms with Gasteiger partial charge in [0.25, 0.3) is 0 Å². The Morgan fingerprint density at radius 1 is 1.14 bits per heavy atom. The molecule has 2 aromatic carbocycles. The smallest absolute Gasteiger partial charge is 0.189 e. The van der Waals surface area contributed by atoms with Crippen molar-refractivity contribution in [3.05, 3.63) is 82.9 Å². The van der Waals surface area contributed by atoms with E-state index in [4.69, 9.17) is 0 Å². The predicted molar refractivity (Wildman–Crippen MR) is 84.2 cm³/mol. The van der Waals surface area contributed by atoms with Crippen LogP contribution in [0.4, 0.5) is 4.39 Å². The molecule has 0 spiro atoms. The van der Waals surface area contributed by atoms with E-state index in [1.54, 1.807) is 18.5 Å². The molecule has 0 radical (unpaired) electrons. The highest BCUT2D eigenvalue weighted by molar-refractivity contribution is 6.16. The number of carbonyl (C=O) groups is 1. The Hall–Kier alpha value is -2.81. The zero-order valence-corrected chi connectivity index (χ0v) is 11.7. The number of halogens is 1. The second-order valence-corrected chi connectivity index (χ2v) is 5.42. The summed E-state index contributed by atoms with van der Waals surface area (Å²) in [7, 11) is 0. The van der Waals surface area contributed by atoms with Gasteiger partial charge in [-0.1, -0.05) is 18.2 Å². The molecule has 0 saturated carbocycles. The van der Waals surface area contributed by atoms with Crippen LogP contribution < -0.4 is 0 Å². The van der Waals surface area contributed by atoms with Crippen molar-refractivity contribution in [1.82, 2.24) is 4.98 Å². The largest absolute Gasteiger partial charge is 0.289 e. The molecule has 1 heterocycles. The highest BCUT2D eigenvalue weighted by Gasteiger charge is 2.25. The van der Waals surface area contributed by atoms with Crippen molar-refractivity contribution in [2.75, 3.05) is 0 Å². The van der Waals surface area contributed by atoms with Crippen molar-refractivity contribution in [3.8, 4) is 0 Å². The van der Waals surface area contributed by atoms with Crippen LogP contribution in [0.5, 0.6) is 0 Å². The van der Waals surface area contributed by atoms with Crippen molar-refractivity contribution in [2.45, 2.75) is 6.42 Å². The van der Waals surface area contributed by atoms with Crippen LogP contribution in [0.15, 0.2) is 60.4 Å². The van der Waals surface area contributed by atoms with Gasteiger partial charge in [-0.25, -0.2) is 4.39 Å². The number of benzene rings is 2. The first-order valence-electron chi connectivity index (χ1n) is 7.09. The van der Waals surface area contributed by atoms with Gasteiger partial charge in [0, 0.05) is 35.3 Å². The van der Waals surface area contributed by atoms with Crippen molar-refractivity contribution < 1.29 is 9.18 Å². The fourth-order valence-electron chi connectivity index (χ4n) is 2.97. The first-order chi connectivity index (χ1) is 10.7. The van der Waals surface area contributed by atoms with Crippen LogP contribution in [0.25, 0.3) is 16.8 Å². The normalized spacial score (nSPS) is 15.5. The molecule has 0 amide bonds. The van der Waals surface area contributed by atoms with Gasteiger partial charge in [0.05, 0.1) is 0 Å². The minimum atomic E-state index is -0.302. The fourth-order valence-corrected chi connectivity index (χ4v) is 2.97. The Labute approximate surface area is 126 Å². The predicted octanol–water partition coefficient (Wildman–Crippen LogP) is 4.20. The third kappa shape index (κ3) is 2.02. The molecule has 3 heteroatoms. The van der Waals surface area contributed by atoms with E-state index in [2.05, 4.69) is 4.98 Å². The second-order valence-electron chi connectivity index (χ2n) is 5.42. The SMILES string of the molecule is O=C1/C(=C/c2cccc3cnccc23)Cc2cc(F)ccc21. The van der Waals surface area contributed by atoms with E-state index in [1.165, 1.54) is 12.1 Å². The molecule has 0 unspecified atom stereocenters. The Morgan fingerprint density at radius 2 is 2.05 bits per heavy atom. The first kappa shape index (κ1) is 12.9. The lowest BCUT2D eigenvalue weighted by molar-refractivity contribution is 0.104. The van der Waals surface area contributed by atoms with Gasteiger partial charge in [-0.3, -0.25) is 9.78 Å².